The Morgan fingerprint density at radius 3 is 2.55 bits per heavy atom. The lowest BCUT2D eigenvalue weighted by Crippen LogP contribution is -2.13. The molecule has 0 fully saturated rings. The molecular formula is C12H12Cl2N2O3S. The van der Waals surface area contributed by atoms with Crippen LogP contribution in [-0.2, 0) is 16.6 Å². The van der Waals surface area contributed by atoms with Crippen LogP contribution in [0.25, 0.3) is 0 Å². The highest BCUT2D eigenvalue weighted by atomic mass is 35.5. The number of nitrogens with two attached hydrogens (primary N) is 1. The third-order valence-corrected chi connectivity index (χ3v) is 4.61. The van der Waals surface area contributed by atoms with Crippen LogP contribution in [0.2, 0.25) is 10.0 Å². The number of aryl methyl sites for hydroxylation is 1. The first kappa shape index (κ1) is 15.2. The van der Waals surface area contributed by atoms with Gasteiger partial charge in [-0.05, 0) is 25.1 Å². The van der Waals surface area contributed by atoms with E-state index in [2.05, 4.69) is 4.72 Å². The van der Waals surface area contributed by atoms with Crippen molar-refractivity contribution in [3.63, 3.8) is 0 Å². The molecule has 20 heavy (non-hydrogen) atoms. The molecule has 1 aromatic heterocycles. The molecule has 0 radical (unpaired) electrons. The summed E-state index contributed by atoms with van der Waals surface area (Å²) in [6.07, 6.45) is 0. The van der Waals surface area contributed by atoms with Crippen molar-refractivity contribution in [3.8, 4) is 0 Å². The highest BCUT2D eigenvalue weighted by Gasteiger charge is 2.22. The Bertz CT molecular complexity index is 741. The minimum Gasteiger partial charge on any atom is -0.464 e. The minimum atomic E-state index is -3.80. The Morgan fingerprint density at radius 1 is 1.30 bits per heavy atom. The minimum absolute atomic E-state index is 0.0315. The number of hydrogen-bond donors (Lipinski definition) is 2. The van der Waals surface area contributed by atoms with Crippen molar-refractivity contribution in [2.45, 2.75) is 18.4 Å². The molecule has 0 atom stereocenters. The Hall–Kier alpha value is -1.21. The van der Waals surface area contributed by atoms with Crippen molar-refractivity contribution in [2.24, 2.45) is 5.73 Å². The van der Waals surface area contributed by atoms with Gasteiger partial charge in [-0.15, -0.1) is 0 Å². The average Bonchev–Trinajstić information content (AvgIpc) is 2.75. The average molecular weight is 335 g/mol. The van der Waals surface area contributed by atoms with Gasteiger partial charge in [0.25, 0.3) is 10.0 Å². The van der Waals surface area contributed by atoms with Crippen molar-refractivity contribution in [1.29, 1.82) is 0 Å². The van der Waals surface area contributed by atoms with Crippen LogP contribution in [0, 0.1) is 6.92 Å². The molecule has 0 aliphatic rings. The van der Waals surface area contributed by atoms with Gasteiger partial charge in [0.2, 0.25) is 0 Å². The number of hydrogen-bond acceptors (Lipinski definition) is 4. The zero-order valence-electron chi connectivity index (χ0n) is 10.5. The van der Waals surface area contributed by atoms with Crippen molar-refractivity contribution in [1.82, 2.24) is 0 Å². The number of benzene rings is 1. The second-order valence-corrected chi connectivity index (χ2v) is 6.56. The number of sulfonamides is 1. The van der Waals surface area contributed by atoms with Gasteiger partial charge in [0.1, 0.15) is 16.4 Å². The summed E-state index contributed by atoms with van der Waals surface area (Å²) in [6, 6.07) is 5.87. The fourth-order valence-corrected chi connectivity index (χ4v) is 3.46. The van der Waals surface area contributed by atoms with Crippen LogP contribution in [0.1, 0.15) is 11.5 Å². The van der Waals surface area contributed by atoms with Crippen LogP contribution in [-0.4, -0.2) is 8.42 Å². The summed E-state index contributed by atoms with van der Waals surface area (Å²) in [4.78, 5) is 0.0315. The van der Waals surface area contributed by atoms with Crippen LogP contribution in [0.15, 0.2) is 33.6 Å². The normalized spacial score (nSPS) is 11.6. The Balaban J connectivity index is 2.38. The highest BCUT2D eigenvalue weighted by Crippen LogP contribution is 2.29. The maximum Gasteiger partial charge on any atom is 0.265 e. The number of halogens is 2. The molecule has 5 nitrogen and oxygen atoms in total. The molecule has 0 spiro atoms. The topological polar surface area (TPSA) is 85.3 Å². The third kappa shape index (κ3) is 3.09. The molecule has 0 unspecified atom stereocenters. The summed E-state index contributed by atoms with van der Waals surface area (Å²) in [7, 11) is -3.80. The van der Waals surface area contributed by atoms with Crippen molar-refractivity contribution in [3.05, 3.63) is 45.8 Å². The van der Waals surface area contributed by atoms with E-state index in [9.17, 15) is 8.42 Å². The molecule has 1 heterocycles. The van der Waals surface area contributed by atoms with E-state index in [-0.39, 0.29) is 27.9 Å². The van der Waals surface area contributed by atoms with E-state index in [0.717, 1.165) is 0 Å². The molecule has 0 saturated heterocycles. The van der Waals surface area contributed by atoms with Gasteiger partial charge < -0.3 is 10.2 Å². The van der Waals surface area contributed by atoms with E-state index >= 15 is 0 Å². The summed E-state index contributed by atoms with van der Waals surface area (Å²) < 4.78 is 32.2. The standard InChI is InChI=1S/C12H12Cl2N2O3S/c1-7-12(5-9(6-15)19-7)20(17,18)16-11-3-2-8(13)4-10(11)14/h2-5,16H,6,15H2,1H3. The van der Waals surface area contributed by atoms with Gasteiger partial charge in [-0.1, -0.05) is 23.2 Å². The van der Waals surface area contributed by atoms with E-state index in [4.69, 9.17) is 33.4 Å². The molecule has 2 rings (SSSR count). The first-order valence-electron chi connectivity index (χ1n) is 5.60. The first-order chi connectivity index (χ1) is 9.33. The van der Waals surface area contributed by atoms with Gasteiger partial charge >= 0.3 is 0 Å². The van der Waals surface area contributed by atoms with Gasteiger partial charge in [-0.3, -0.25) is 4.72 Å². The molecule has 0 saturated carbocycles. The largest absolute Gasteiger partial charge is 0.464 e. The molecule has 0 amide bonds. The maximum absolute atomic E-state index is 12.3. The first-order valence-corrected chi connectivity index (χ1v) is 7.84. The number of anilines is 1. The number of rotatable bonds is 4. The van der Waals surface area contributed by atoms with Crippen LogP contribution in [0.5, 0.6) is 0 Å². The lowest BCUT2D eigenvalue weighted by atomic mass is 10.3. The second-order valence-electron chi connectivity index (χ2n) is 4.07. The summed E-state index contributed by atoms with van der Waals surface area (Å²) in [5.74, 6) is 0.660. The van der Waals surface area contributed by atoms with Crippen molar-refractivity contribution >= 4 is 38.9 Å². The highest BCUT2D eigenvalue weighted by molar-refractivity contribution is 7.92. The lowest BCUT2D eigenvalue weighted by molar-refractivity contribution is 0.479. The quantitative estimate of drug-likeness (QED) is 0.899. The second kappa shape index (κ2) is 5.65. The molecule has 3 N–H and O–H groups in total. The van der Waals surface area contributed by atoms with Crippen molar-refractivity contribution in [2.75, 3.05) is 4.72 Å². The summed E-state index contributed by atoms with van der Waals surface area (Å²) in [5.41, 5.74) is 5.67. The molecular weight excluding hydrogens is 323 g/mol. The zero-order chi connectivity index (χ0) is 14.9. The van der Waals surface area contributed by atoms with Crippen molar-refractivity contribution < 1.29 is 12.8 Å². The van der Waals surface area contributed by atoms with Crippen LogP contribution in [0.3, 0.4) is 0 Å². The van der Waals surface area contributed by atoms with Crippen LogP contribution in [0.4, 0.5) is 5.69 Å². The van der Waals surface area contributed by atoms with Gasteiger partial charge in [-0.25, -0.2) is 8.42 Å². The van der Waals surface area contributed by atoms with E-state index in [1.165, 1.54) is 18.2 Å². The summed E-state index contributed by atoms with van der Waals surface area (Å²) >= 11 is 11.7. The molecule has 0 bridgehead atoms. The SMILES string of the molecule is Cc1oc(CN)cc1S(=O)(=O)Nc1ccc(Cl)cc1Cl. The van der Waals surface area contributed by atoms with Gasteiger partial charge in [-0.2, -0.15) is 0 Å². The predicted octanol–water partition coefficient (Wildman–Crippen LogP) is 3.15. The smallest absolute Gasteiger partial charge is 0.265 e. The molecule has 2 aromatic rings. The predicted molar refractivity (Wildman–Crippen MR) is 78.6 cm³/mol. The Morgan fingerprint density at radius 2 is 2.00 bits per heavy atom. The third-order valence-electron chi connectivity index (χ3n) is 2.59. The van der Waals surface area contributed by atoms with Crippen LogP contribution < -0.4 is 10.5 Å². The maximum atomic E-state index is 12.3. The Labute approximate surface area is 126 Å². The number of nitrogens with one attached hydrogen (secondary N) is 1. The zero-order valence-corrected chi connectivity index (χ0v) is 12.8. The molecule has 0 aliphatic heterocycles. The lowest BCUT2D eigenvalue weighted by Gasteiger charge is -2.08. The monoisotopic (exact) mass is 334 g/mol. The van der Waals surface area contributed by atoms with Gasteiger partial charge in [0.05, 0.1) is 17.3 Å². The summed E-state index contributed by atoms with van der Waals surface area (Å²) in [6.45, 7) is 1.68. The van der Waals surface area contributed by atoms with Crippen LogP contribution >= 0.6 is 23.2 Å². The fourth-order valence-electron chi connectivity index (χ4n) is 1.66. The molecule has 108 valence electrons. The van der Waals surface area contributed by atoms with Gasteiger partial charge in [0.15, 0.2) is 0 Å². The van der Waals surface area contributed by atoms with E-state index in [0.29, 0.717) is 10.8 Å². The Kier molecular flexibility index (Phi) is 4.29. The van der Waals surface area contributed by atoms with Gasteiger partial charge in [0, 0.05) is 11.1 Å². The van der Waals surface area contributed by atoms with E-state index < -0.39 is 10.0 Å². The molecule has 1 aromatic carbocycles. The summed E-state index contributed by atoms with van der Waals surface area (Å²) in [5, 5.41) is 0.629. The van der Waals surface area contributed by atoms with E-state index in [1.807, 2.05) is 0 Å². The molecule has 0 aliphatic carbocycles. The fraction of sp³-hybridized carbons (Fsp3) is 0.167. The van der Waals surface area contributed by atoms with E-state index in [1.54, 1.807) is 13.0 Å². The molecule has 8 heteroatoms. The number of furan rings is 1.